The summed E-state index contributed by atoms with van der Waals surface area (Å²) in [5.74, 6) is 1.03. The molecule has 17 heavy (non-hydrogen) atoms. The van der Waals surface area contributed by atoms with E-state index in [9.17, 15) is 0 Å². The number of hydrogen-bond acceptors (Lipinski definition) is 4. The first-order valence-electron chi connectivity index (χ1n) is 5.53. The Hall–Kier alpha value is -1.88. The molecule has 2 N–H and O–H groups in total. The van der Waals surface area contributed by atoms with Gasteiger partial charge in [0, 0.05) is 44.9 Å². The summed E-state index contributed by atoms with van der Waals surface area (Å²) in [5, 5.41) is 0. The van der Waals surface area contributed by atoms with Gasteiger partial charge in [0.1, 0.15) is 5.82 Å². The van der Waals surface area contributed by atoms with Gasteiger partial charge >= 0.3 is 0 Å². The Kier molecular flexibility index (Phi) is 3.39. The topological polar surface area (TPSA) is 60.0 Å². The molecule has 0 bridgehead atoms. The van der Waals surface area contributed by atoms with Gasteiger partial charge in [-0.05, 0) is 12.1 Å². The van der Waals surface area contributed by atoms with E-state index in [1.54, 1.807) is 12.4 Å². The van der Waals surface area contributed by atoms with E-state index in [1.165, 1.54) is 0 Å². The molecule has 0 amide bonds. The van der Waals surface area contributed by atoms with Crippen LogP contribution < -0.4 is 10.6 Å². The zero-order valence-electron chi connectivity index (χ0n) is 10.2. The number of pyridine rings is 1. The number of anilines is 1. The van der Waals surface area contributed by atoms with E-state index >= 15 is 0 Å². The van der Waals surface area contributed by atoms with E-state index in [2.05, 4.69) is 14.9 Å². The van der Waals surface area contributed by atoms with Crippen molar-refractivity contribution in [3.8, 4) is 0 Å². The molecule has 0 atom stereocenters. The van der Waals surface area contributed by atoms with E-state index in [1.807, 2.05) is 37.0 Å². The minimum Gasteiger partial charge on any atom is -0.367 e. The summed E-state index contributed by atoms with van der Waals surface area (Å²) < 4.78 is 2.02. The second-order valence-electron chi connectivity index (χ2n) is 4.02. The highest BCUT2D eigenvalue weighted by Gasteiger charge is 2.06. The number of nitrogens with zero attached hydrogens (tertiary/aromatic N) is 4. The first-order chi connectivity index (χ1) is 8.20. The summed E-state index contributed by atoms with van der Waals surface area (Å²) in [7, 11) is 4.03. The third kappa shape index (κ3) is 2.62. The van der Waals surface area contributed by atoms with Crippen LogP contribution in [0.25, 0.3) is 0 Å². The van der Waals surface area contributed by atoms with Crippen LogP contribution in [-0.2, 0) is 20.1 Å². The second kappa shape index (κ2) is 4.97. The molecule has 5 nitrogen and oxygen atoms in total. The molecular formula is C12H17N5. The Morgan fingerprint density at radius 3 is 2.82 bits per heavy atom. The van der Waals surface area contributed by atoms with Gasteiger partial charge in [-0.1, -0.05) is 0 Å². The van der Waals surface area contributed by atoms with Crippen molar-refractivity contribution < 1.29 is 0 Å². The van der Waals surface area contributed by atoms with Crippen LogP contribution >= 0.6 is 0 Å². The maximum Gasteiger partial charge on any atom is 0.127 e. The van der Waals surface area contributed by atoms with Crippen LogP contribution in [0, 0.1) is 0 Å². The monoisotopic (exact) mass is 231 g/mol. The van der Waals surface area contributed by atoms with Crippen molar-refractivity contribution in [2.75, 3.05) is 11.9 Å². The SMILES string of the molecule is CN(Cc1nccn1C)c1ccnc(CN)c1. The van der Waals surface area contributed by atoms with Crippen molar-refractivity contribution in [3.63, 3.8) is 0 Å². The highest BCUT2D eigenvalue weighted by Crippen LogP contribution is 2.14. The van der Waals surface area contributed by atoms with Crippen molar-refractivity contribution in [1.82, 2.24) is 14.5 Å². The fourth-order valence-electron chi connectivity index (χ4n) is 1.67. The van der Waals surface area contributed by atoms with Gasteiger partial charge in [-0.15, -0.1) is 0 Å². The third-order valence-corrected chi connectivity index (χ3v) is 2.75. The minimum atomic E-state index is 0.462. The molecule has 2 aromatic heterocycles. The molecule has 2 rings (SSSR count). The Morgan fingerprint density at radius 2 is 2.18 bits per heavy atom. The molecule has 90 valence electrons. The van der Waals surface area contributed by atoms with E-state index in [0.29, 0.717) is 6.54 Å². The van der Waals surface area contributed by atoms with Crippen LogP contribution in [-0.4, -0.2) is 21.6 Å². The van der Waals surface area contributed by atoms with Gasteiger partial charge in [0.25, 0.3) is 0 Å². The Labute approximate surface area is 101 Å². The van der Waals surface area contributed by atoms with Crippen LogP contribution in [0.5, 0.6) is 0 Å². The van der Waals surface area contributed by atoms with E-state index < -0.39 is 0 Å². The van der Waals surface area contributed by atoms with Gasteiger partial charge < -0.3 is 15.2 Å². The van der Waals surface area contributed by atoms with Crippen LogP contribution in [0.3, 0.4) is 0 Å². The smallest absolute Gasteiger partial charge is 0.127 e. The first kappa shape index (κ1) is 11.6. The third-order valence-electron chi connectivity index (χ3n) is 2.75. The lowest BCUT2D eigenvalue weighted by Crippen LogP contribution is -2.19. The zero-order chi connectivity index (χ0) is 12.3. The standard InChI is InChI=1S/C12H17N5/c1-16-6-5-15-12(16)9-17(2)11-3-4-14-10(7-11)8-13/h3-7H,8-9,13H2,1-2H3. The highest BCUT2D eigenvalue weighted by molar-refractivity contribution is 5.45. The van der Waals surface area contributed by atoms with Crippen molar-refractivity contribution in [2.24, 2.45) is 12.8 Å². The van der Waals surface area contributed by atoms with Gasteiger partial charge in [-0.3, -0.25) is 4.98 Å². The lowest BCUT2D eigenvalue weighted by Gasteiger charge is -2.19. The quantitative estimate of drug-likeness (QED) is 0.849. The predicted octanol–water partition coefficient (Wildman–Crippen LogP) is 0.910. The van der Waals surface area contributed by atoms with Crippen molar-refractivity contribution >= 4 is 5.69 Å². The molecule has 0 radical (unpaired) electrons. The molecule has 0 unspecified atom stereocenters. The summed E-state index contributed by atoms with van der Waals surface area (Å²) >= 11 is 0. The molecule has 2 aromatic rings. The Morgan fingerprint density at radius 1 is 1.35 bits per heavy atom. The maximum atomic E-state index is 5.58. The van der Waals surface area contributed by atoms with Crippen LogP contribution in [0.1, 0.15) is 11.5 Å². The van der Waals surface area contributed by atoms with Crippen LogP contribution in [0.4, 0.5) is 5.69 Å². The molecule has 0 spiro atoms. The van der Waals surface area contributed by atoms with Gasteiger partial charge in [-0.25, -0.2) is 4.98 Å². The number of imidazole rings is 1. The molecule has 0 saturated heterocycles. The molecule has 0 aliphatic rings. The van der Waals surface area contributed by atoms with Gasteiger partial charge in [0.2, 0.25) is 0 Å². The van der Waals surface area contributed by atoms with Crippen LogP contribution in [0.2, 0.25) is 0 Å². The highest BCUT2D eigenvalue weighted by atomic mass is 15.2. The van der Waals surface area contributed by atoms with Gasteiger partial charge in [0.15, 0.2) is 0 Å². The fraction of sp³-hybridized carbons (Fsp3) is 0.333. The zero-order valence-corrected chi connectivity index (χ0v) is 10.2. The average Bonchev–Trinajstić information content (AvgIpc) is 2.75. The summed E-state index contributed by atoms with van der Waals surface area (Å²) in [6.45, 7) is 1.22. The number of aromatic nitrogens is 3. The van der Waals surface area contributed by atoms with Crippen molar-refractivity contribution in [1.29, 1.82) is 0 Å². The Balaban J connectivity index is 2.14. The average molecular weight is 231 g/mol. The van der Waals surface area contributed by atoms with Gasteiger partial charge in [0.05, 0.1) is 12.2 Å². The van der Waals surface area contributed by atoms with Gasteiger partial charge in [-0.2, -0.15) is 0 Å². The number of hydrogen-bond donors (Lipinski definition) is 1. The molecule has 0 aromatic carbocycles. The lowest BCUT2D eigenvalue weighted by atomic mass is 10.3. The largest absolute Gasteiger partial charge is 0.367 e. The maximum absolute atomic E-state index is 5.58. The molecule has 5 heteroatoms. The van der Waals surface area contributed by atoms with E-state index in [4.69, 9.17) is 5.73 Å². The molecule has 0 fully saturated rings. The number of aryl methyl sites for hydroxylation is 1. The summed E-state index contributed by atoms with van der Waals surface area (Å²) in [6, 6.07) is 3.98. The molecular weight excluding hydrogens is 214 g/mol. The van der Waals surface area contributed by atoms with Crippen molar-refractivity contribution in [3.05, 3.63) is 42.2 Å². The summed E-state index contributed by atoms with van der Waals surface area (Å²) in [6.07, 6.45) is 5.54. The number of nitrogens with two attached hydrogens (primary N) is 1. The predicted molar refractivity (Wildman–Crippen MR) is 67.4 cm³/mol. The van der Waals surface area contributed by atoms with Crippen LogP contribution in [0.15, 0.2) is 30.7 Å². The second-order valence-corrected chi connectivity index (χ2v) is 4.02. The normalized spacial score (nSPS) is 10.5. The fourth-order valence-corrected chi connectivity index (χ4v) is 1.67. The minimum absolute atomic E-state index is 0.462. The van der Waals surface area contributed by atoms with Crippen molar-refractivity contribution in [2.45, 2.75) is 13.1 Å². The van der Waals surface area contributed by atoms with E-state index in [-0.39, 0.29) is 0 Å². The Bertz CT molecular complexity index is 491. The first-order valence-corrected chi connectivity index (χ1v) is 5.53. The number of rotatable bonds is 4. The molecule has 2 heterocycles. The summed E-state index contributed by atoms with van der Waals surface area (Å²) in [4.78, 5) is 10.6. The summed E-state index contributed by atoms with van der Waals surface area (Å²) in [5.41, 5.74) is 7.58. The molecule has 0 aliphatic carbocycles. The molecule has 0 saturated carbocycles. The lowest BCUT2D eigenvalue weighted by molar-refractivity contribution is 0.760. The van der Waals surface area contributed by atoms with E-state index in [0.717, 1.165) is 23.8 Å². The molecule has 0 aliphatic heterocycles.